The zero-order valence-corrected chi connectivity index (χ0v) is 13.4. The zero-order chi connectivity index (χ0) is 16.5. The maximum atomic E-state index is 11.8. The zero-order valence-electron chi connectivity index (χ0n) is 13.4. The van der Waals surface area contributed by atoms with Crippen LogP contribution in [0.5, 0.6) is 0 Å². The highest BCUT2D eigenvalue weighted by Gasteiger charge is 2.25. The molecule has 0 bridgehead atoms. The number of carbonyl (C=O) groups is 2. The summed E-state index contributed by atoms with van der Waals surface area (Å²) >= 11 is 0. The van der Waals surface area contributed by atoms with Crippen molar-refractivity contribution in [3.8, 4) is 0 Å². The molecule has 0 radical (unpaired) electrons. The van der Waals surface area contributed by atoms with Gasteiger partial charge in [0.25, 0.3) is 0 Å². The van der Waals surface area contributed by atoms with E-state index in [9.17, 15) is 19.8 Å². The predicted molar refractivity (Wildman–Crippen MR) is 77.1 cm³/mol. The normalized spacial score (nSPS) is 14.9. The molecule has 2 unspecified atom stereocenters. The number of carbonyl (C=O) groups excluding carboxylic acids is 2. The summed E-state index contributed by atoms with van der Waals surface area (Å²) in [6, 6.07) is 0. The average Bonchev–Trinajstić information content (AvgIpc) is 2.31. The molecule has 0 spiro atoms. The minimum Gasteiger partial charge on any atom is -0.550 e. The number of quaternary nitrogens is 1. The molecule has 21 heavy (non-hydrogen) atoms. The molecule has 0 heterocycles. The van der Waals surface area contributed by atoms with Crippen molar-refractivity contribution in [1.29, 1.82) is 0 Å². The molecule has 0 aliphatic rings. The second kappa shape index (κ2) is 9.52. The molecule has 0 aliphatic heterocycles. The number of aliphatic hydroxyl groups excluding tert-OH is 1. The van der Waals surface area contributed by atoms with Crippen LogP contribution in [0.2, 0.25) is 0 Å². The Bertz CT molecular complexity index is 360. The first-order valence-electron chi connectivity index (χ1n) is 7.19. The molecule has 0 aromatic heterocycles. The first-order valence-corrected chi connectivity index (χ1v) is 7.19. The predicted octanol–water partition coefficient (Wildman–Crippen LogP) is -0.148. The third-order valence-electron chi connectivity index (χ3n) is 2.71. The monoisotopic (exact) mass is 301 g/mol. The van der Waals surface area contributed by atoms with E-state index >= 15 is 0 Å². The summed E-state index contributed by atoms with van der Waals surface area (Å²) in [4.78, 5) is 22.5. The largest absolute Gasteiger partial charge is 0.550 e. The number of ether oxygens (including phenoxy) is 1. The highest BCUT2D eigenvalue weighted by Crippen LogP contribution is 2.08. The van der Waals surface area contributed by atoms with Crippen LogP contribution in [0.15, 0.2) is 12.2 Å². The molecular weight excluding hydrogens is 274 g/mol. The van der Waals surface area contributed by atoms with Crippen LogP contribution in [-0.2, 0) is 14.3 Å². The van der Waals surface area contributed by atoms with Gasteiger partial charge in [-0.3, -0.25) is 0 Å². The minimum atomic E-state index is -1.28. The molecular formula is C15H27NO5. The van der Waals surface area contributed by atoms with Gasteiger partial charge in [0.1, 0.15) is 6.54 Å². The van der Waals surface area contributed by atoms with Crippen LogP contribution in [0, 0.1) is 0 Å². The summed E-state index contributed by atoms with van der Waals surface area (Å²) in [7, 11) is 5.59. The van der Waals surface area contributed by atoms with Crippen molar-refractivity contribution >= 4 is 11.9 Å². The van der Waals surface area contributed by atoms with E-state index < -0.39 is 24.1 Å². The second-order valence-corrected chi connectivity index (χ2v) is 6.08. The van der Waals surface area contributed by atoms with Gasteiger partial charge in [-0.25, -0.2) is 4.79 Å². The molecule has 1 N–H and O–H groups in total. The Morgan fingerprint density at radius 3 is 2.38 bits per heavy atom. The summed E-state index contributed by atoms with van der Waals surface area (Å²) in [5.74, 6) is -2.05. The number of likely N-dealkylation sites (N-methyl/N-ethyl adjacent to an activating group) is 1. The fourth-order valence-corrected chi connectivity index (χ4v) is 1.84. The van der Waals surface area contributed by atoms with Crippen molar-refractivity contribution in [2.75, 3.05) is 27.7 Å². The van der Waals surface area contributed by atoms with E-state index in [4.69, 9.17) is 4.74 Å². The summed E-state index contributed by atoms with van der Waals surface area (Å²) in [6.07, 6.45) is 3.17. The number of hydrogen-bond acceptors (Lipinski definition) is 5. The van der Waals surface area contributed by atoms with Crippen LogP contribution >= 0.6 is 0 Å². The number of carboxylic acid groups (broad SMARTS) is 1. The molecule has 0 saturated carbocycles. The lowest BCUT2D eigenvalue weighted by atomic mass is 10.1. The number of esters is 1. The minimum absolute atomic E-state index is 0.262. The number of allylic oxidation sites excluding steroid dienone is 2. The molecule has 0 rings (SSSR count). The lowest BCUT2D eigenvalue weighted by Gasteiger charge is -2.29. The van der Waals surface area contributed by atoms with Crippen molar-refractivity contribution in [3.63, 3.8) is 0 Å². The van der Waals surface area contributed by atoms with Gasteiger partial charge in [0.05, 0.1) is 21.1 Å². The lowest BCUT2D eigenvalue weighted by Crippen LogP contribution is -2.46. The highest BCUT2D eigenvalue weighted by molar-refractivity contribution is 5.75. The maximum absolute atomic E-state index is 11.8. The molecule has 6 nitrogen and oxygen atoms in total. The molecule has 122 valence electrons. The van der Waals surface area contributed by atoms with E-state index in [0.717, 1.165) is 6.42 Å². The molecule has 2 atom stereocenters. The molecule has 0 aromatic carbocycles. The van der Waals surface area contributed by atoms with Crippen molar-refractivity contribution in [3.05, 3.63) is 12.2 Å². The van der Waals surface area contributed by atoms with E-state index in [-0.39, 0.29) is 12.8 Å². The number of aliphatic hydroxyl groups is 1. The quantitative estimate of drug-likeness (QED) is 0.344. The molecule has 0 aromatic rings. The van der Waals surface area contributed by atoms with Crippen LogP contribution in [0.4, 0.5) is 0 Å². The highest BCUT2D eigenvalue weighted by atomic mass is 16.6. The standard InChI is InChI=1S/C15H27NO5/c1-5-6-7-8-9-13(17)15(20)21-12(10-14(18)19)11-16(2,3)4/h6-7,12-13,17H,5,8-11H2,1-4H3/b7-6+. The first kappa shape index (κ1) is 19.6. The SMILES string of the molecule is CC/C=C/CCC(O)C(=O)OC(CC(=O)[O-])C[N+](C)(C)C. The topological polar surface area (TPSA) is 86.7 Å². The summed E-state index contributed by atoms with van der Waals surface area (Å²) in [5, 5.41) is 20.4. The lowest BCUT2D eigenvalue weighted by molar-refractivity contribution is -0.873. The van der Waals surface area contributed by atoms with Gasteiger partial charge in [-0.2, -0.15) is 0 Å². The average molecular weight is 301 g/mol. The van der Waals surface area contributed by atoms with Crippen LogP contribution in [0.1, 0.15) is 32.6 Å². The van der Waals surface area contributed by atoms with Crippen LogP contribution in [-0.4, -0.2) is 61.4 Å². The van der Waals surface area contributed by atoms with Crippen LogP contribution < -0.4 is 5.11 Å². The Kier molecular flexibility index (Phi) is 8.89. The van der Waals surface area contributed by atoms with Crippen molar-refractivity contribution in [2.24, 2.45) is 0 Å². The Hall–Kier alpha value is -1.40. The van der Waals surface area contributed by atoms with Gasteiger partial charge in [-0.05, 0) is 19.3 Å². The Morgan fingerprint density at radius 1 is 1.29 bits per heavy atom. The summed E-state index contributed by atoms with van der Waals surface area (Å²) in [5.41, 5.74) is 0. The fraction of sp³-hybridized carbons (Fsp3) is 0.733. The van der Waals surface area contributed by atoms with E-state index in [1.165, 1.54) is 0 Å². The smallest absolute Gasteiger partial charge is 0.335 e. The second-order valence-electron chi connectivity index (χ2n) is 6.08. The fourth-order valence-electron chi connectivity index (χ4n) is 1.84. The van der Waals surface area contributed by atoms with Crippen LogP contribution in [0.3, 0.4) is 0 Å². The van der Waals surface area contributed by atoms with Gasteiger partial charge in [-0.15, -0.1) is 0 Å². The van der Waals surface area contributed by atoms with E-state index in [0.29, 0.717) is 17.4 Å². The Morgan fingerprint density at radius 2 is 1.90 bits per heavy atom. The molecule has 6 heteroatoms. The first-order chi connectivity index (χ1) is 9.65. The number of nitrogens with zero attached hydrogens (tertiary/aromatic N) is 1. The molecule has 0 fully saturated rings. The maximum Gasteiger partial charge on any atom is 0.335 e. The molecule has 0 aliphatic carbocycles. The van der Waals surface area contributed by atoms with E-state index in [2.05, 4.69) is 0 Å². The Labute approximate surface area is 126 Å². The molecule has 0 amide bonds. The van der Waals surface area contributed by atoms with Crippen LogP contribution in [0.25, 0.3) is 0 Å². The van der Waals surface area contributed by atoms with Crippen molar-refractivity contribution < 1.29 is 29.0 Å². The summed E-state index contributed by atoms with van der Waals surface area (Å²) in [6.45, 7) is 2.33. The van der Waals surface area contributed by atoms with Gasteiger partial charge in [0.15, 0.2) is 12.2 Å². The van der Waals surface area contributed by atoms with Crippen molar-refractivity contribution in [1.82, 2.24) is 0 Å². The third kappa shape index (κ3) is 11.0. The van der Waals surface area contributed by atoms with Gasteiger partial charge >= 0.3 is 5.97 Å². The summed E-state index contributed by atoms with van der Waals surface area (Å²) < 4.78 is 5.55. The van der Waals surface area contributed by atoms with E-state index in [1.54, 1.807) is 0 Å². The number of aliphatic carboxylic acids is 1. The third-order valence-corrected chi connectivity index (χ3v) is 2.71. The van der Waals surface area contributed by atoms with Gasteiger partial charge in [0.2, 0.25) is 0 Å². The van der Waals surface area contributed by atoms with Gasteiger partial charge in [-0.1, -0.05) is 19.1 Å². The van der Waals surface area contributed by atoms with E-state index in [1.807, 2.05) is 40.2 Å². The number of rotatable bonds is 10. The number of hydrogen-bond donors (Lipinski definition) is 1. The molecule has 0 saturated heterocycles. The van der Waals surface area contributed by atoms with Crippen molar-refractivity contribution in [2.45, 2.75) is 44.8 Å². The van der Waals surface area contributed by atoms with Gasteiger partial charge < -0.3 is 24.2 Å². The van der Waals surface area contributed by atoms with Gasteiger partial charge in [0, 0.05) is 12.4 Å². The Balaban J connectivity index is 4.43. The number of carboxylic acids is 1.